The van der Waals surface area contributed by atoms with E-state index in [0.29, 0.717) is 12.0 Å². The molecule has 3 nitrogen and oxygen atoms in total. The monoisotopic (exact) mass is 266 g/mol. The number of halogens is 1. The molecule has 4 heteroatoms. The summed E-state index contributed by atoms with van der Waals surface area (Å²) >= 11 is 0. The smallest absolute Gasteiger partial charge is 0.126 e. The fourth-order valence-corrected chi connectivity index (χ4v) is 2.52. The van der Waals surface area contributed by atoms with Gasteiger partial charge in [-0.25, -0.2) is 4.39 Å². The lowest BCUT2D eigenvalue weighted by atomic mass is 9.87. The number of ether oxygens (including phenoxy) is 1. The van der Waals surface area contributed by atoms with E-state index < -0.39 is 0 Å². The van der Waals surface area contributed by atoms with Crippen LogP contribution in [0.1, 0.15) is 19.4 Å². The van der Waals surface area contributed by atoms with Crippen LogP contribution in [0.5, 0.6) is 0 Å². The molecule has 1 aromatic rings. The van der Waals surface area contributed by atoms with Crippen molar-refractivity contribution in [2.75, 3.05) is 26.3 Å². The molecule has 19 heavy (non-hydrogen) atoms. The fourth-order valence-electron chi connectivity index (χ4n) is 2.52. The van der Waals surface area contributed by atoms with Gasteiger partial charge in [0.15, 0.2) is 0 Å². The summed E-state index contributed by atoms with van der Waals surface area (Å²) in [6, 6.07) is 6.75. The topological polar surface area (TPSA) is 38.5 Å². The van der Waals surface area contributed by atoms with Crippen molar-refractivity contribution in [3.8, 4) is 0 Å². The van der Waals surface area contributed by atoms with Gasteiger partial charge in [-0.3, -0.25) is 4.90 Å². The van der Waals surface area contributed by atoms with E-state index in [2.05, 4.69) is 18.7 Å². The Morgan fingerprint density at radius 1 is 1.32 bits per heavy atom. The molecule has 1 heterocycles. The summed E-state index contributed by atoms with van der Waals surface area (Å²) in [6.45, 7) is 7.52. The van der Waals surface area contributed by atoms with Crippen molar-refractivity contribution in [1.82, 2.24) is 4.90 Å². The van der Waals surface area contributed by atoms with Crippen LogP contribution in [0.25, 0.3) is 0 Å². The normalized spacial score (nSPS) is 19.4. The molecule has 1 unspecified atom stereocenters. The van der Waals surface area contributed by atoms with Crippen LogP contribution in [0.4, 0.5) is 4.39 Å². The average molecular weight is 266 g/mol. The van der Waals surface area contributed by atoms with Crippen LogP contribution in [-0.2, 0) is 11.2 Å². The van der Waals surface area contributed by atoms with Crippen LogP contribution in [0.3, 0.4) is 0 Å². The molecule has 2 N–H and O–H groups in total. The van der Waals surface area contributed by atoms with Gasteiger partial charge in [-0.15, -0.1) is 0 Å². The zero-order chi connectivity index (χ0) is 13.9. The summed E-state index contributed by atoms with van der Waals surface area (Å²) in [7, 11) is 0. The van der Waals surface area contributed by atoms with Gasteiger partial charge in [0, 0.05) is 24.7 Å². The van der Waals surface area contributed by atoms with Crippen LogP contribution in [0, 0.1) is 5.82 Å². The van der Waals surface area contributed by atoms with E-state index in [4.69, 9.17) is 10.5 Å². The summed E-state index contributed by atoms with van der Waals surface area (Å²) in [5.41, 5.74) is 6.86. The summed E-state index contributed by atoms with van der Waals surface area (Å²) in [4.78, 5) is 2.34. The zero-order valence-electron chi connectivity index (χ0n) is 11.7. The van der Waals surface area contributed by atoms with Crippen LogP contribution in [0.2, 0.25) is 0 Å². The van der Waals surface area contributed by atoms with Crippen molar-refractivity contribution in [3.05, 3.63) is 35.6 Å². The van der Waals surface area contributed by atoms with Crippen molar-refractivity contribution in [3.63, 3.8) is 0 Å². The molecule has 0 saturated carbocycles. The predicted octanol–water partition coefficient (Wildman–Crippen LogP) is 1.81. The first kappa shape index (κ1) is 14.4. The van der Waals surface area contributed by atoms with Crippen LogP contribution in [0.15, 0.2) is 24.3 Å². The maximum absolute atomic E-state index is 13.7. The Kier molecular flexibility index (Phi) is 4.55. The fraction of sp³-hybridized carbons (Fsp3) is 0.600. The molecule has 0 spiro atoms. The quantitative estimate of drug-likeness (QED) is 0.903. The second-order valence-corrected chi connectivity index (χ2v) is 5.66. The Labute approximate surface area is 114 Å². The van der Waals surface area contributed by atoms with E-state index in [9.17, 15) is 4.39 Å². The van der Waals surface area contributed by atoms with E-state index in [1.807, 2.05) is 12.1 Å². The number of hydrogen-bond acceptors (Lipinski definition) is 3. The molecule has 1 aliphatic heterocycles. The van der Waals surface area contributed by atoms with Gasteiger partial charge in [0.1, 0.15) is 5.82 Å². The Morgan fingerprint density at radius 3 is 2.58 bits per heavy atom. The van der Waals surface area contributed by atoms with Crippen molar-refractivity contribution >= 4 is 0 Å². The molecule has 1 saturated heterocycles. The van der Waals surface area contributed by atoms with E-state index in [1.165, 1.54) is 6.07 Å². The van der Waals surface area contributed by atoms with Crippen LogP contribution in [-0.4, -0.2) is 42.8 Å². The molecule has 0 amide bonds. The minimum Gasteiger partial charge on any atom is -0.379 e. The van der Waals surface area contributed by atoms with Gasteiger partial charge in [-0.1, -0.05) is 18.2 Å². The Bertz CT molecular complexity index is 416. The Hall–Kier alpha value is -0.970. The predicted molar refractivity (Wildman–Crippen MR) is 74.6 cm³/mol. The molecule has 1 aliphatic rings. The maximum Gasteiger partial charge on any atom is 0.126 e. The summed E-state index contributed by atoms with van der Waals surface area (Å²) in [5, 5.41) is 0. The summed E-state index contributed by atoms with van der Waals surface area (Å²) in [6.07, 6.45) is 0.553. The van der Waals surface area contributed by atoms with E-state index in [-0.39, 0.29) is 17.4 Å². The lowest BCUT2D eigenvalue weighted by molar-refractivity contribution is -0.0186. The molecule has 0 radical (unpaired) electrons. The Morgan fingerprint density at radius 2 is 1.95 bits per heavy atom. The van der Waals surface area contributed by atoms with E-state index in [0.717, 1.165) is 26.3 Å². The van der Waals surface area contributed by atoms with Crippen molar-refractivity contribution in [2.45, 2.75) is 31.8 Å². The van der Waals surface area contributed by atoms with E-state index >= 15 is 0 Å². The second-order valence-electron chi connectivity index (χ2n) is 5.66. The van der Waals surface area contributed by atoms with Gasteiger partial charge < -0.3 is 10.5 Å². The number of hydrogen-bond donors (Lipinski definition) is 1. The van der Waals surface area contributed by atoms with Crippen LogP contribution >= 0.6 is 0 Å². The van der Waals surface area contributed by atoms with Gasteiger partial charge in [0.25, 0.3) is 0 Å². The molecule has 2 rings (SSSR count). The molecule has 0 aliphatic carbocycles. The first-order valence-corrected chi connectivity index (χ1v) is 6.83. The highest BCUT2D eigenvalue weighted by molar-refractivity contribution is 5.19. The molecule has 0 bridgehead atoms. The average Bonchev–Trinajstić information content (AvgIpc) is 2.42. The summed E-state index contributed by atoms with van der Waals surface area (Å²) in [5.74, 6) is -0.171. The SMILES string of the molecule is CC(C)(C(N)Cc1ccccc1F)N1CCOCC1. The minimum atomic E-state index is -0.171. The van der Waals surface area contributed by atoms with E-state index in [1.54, 1.807) is 6.07 Å². The number of nitrogens with two attached hydrogens (primary N) is 1. The number of rotatable bonds is 4. The highest BCUT2D eigenvalue weighted by Crippen LogP contribution is 2.22. The first-order chi connectivity index (χ1) is 9.01. The van der Waals surface area contributed by atoms with Gasteiger partial charge in [-0.05, 0) is 31.9 Å². The maximum atomic E-state index is 13.7. The lowest BCUT2D eigenvalue weighted by Crippen LogP contribution is -2.59. The number of morpholine rings is 1. The molecule has 1 atom stereocenters. The number of nitrogens with zero attached hydrogens (tertiary/aromatic N) is 1. The molecule has 106 valence electrons. The molecule has 1 fully saturated rings. The van der Waals surface area contributed by atoms with Gasteiger partial charge in [0.05, 0.1) is 13.2 Å². The van der Waals surface area contributed by atoms with Crippen molar-refractivity contribution < 1.29 is 9.13 Å². The standard InChI is InChI=1S/C15H23FN2O/c1-15(2,18-7-9-19-10-8-18)14(17)11-12-5-3-4-6-13(12)16/h3-6,14H,7-11,17H2,1-2H3. The van der Waals surface area contributed by atoms with Gasteiger partial charge in [-0.2, -0.15) is 0 Å². The minimum absolute atomic E-state index is 0.109. The third-order valence-corrected chi connectivity index (χ3v) is 4.13. The van der Waals surface area contributed by atoms with Gasteiger partial charge >= 0.3 is 0 Å². The molecule has 0 aromatic heterocycles. The first-order valence-electron chi connectivity index (χ1n) is 6.83. The summed E-state index contributed by atoms with van der Waals surface area (Å²) < 4.78 is 19.1. The second kappa shape index (κ2) is 5.99. The van der Waals surface area contributed by atoms with Gasteiger partial charge in [0.2, 0.25) is 0 Å². The Balaban J connectivity index is 2.05. The molecular weight excluding hydrogens is 243 g/mol. The van der Waals surface area contributed by atoms with Crippen molar-refractivity contribution in [2.24, 2.45) is 5.73 Å². The number of benzene rings is 1. The molecular formula is C15H23FN2O. The molecule has 1 aromatic carbocycles. The third kappa shape index (κ3) is 3.32. The highest BCUT2D eigenvalue weighted by atomic mass is 19.1. The highest BCUT2D eigenvalue weighted by Gasteiger charge is 2.34. The third-order valence-electron chi connectivity index (χ3n) is 4.13. The van der Waals surface area contributed by atoms with Crippen molar-refractivity contribution in [1.29, 1.82) is 0 Å². The lowest BCUT2D eigenvalue weighted by Gasteiger charge is -2.44. The zero-order valence-corrected chi connectivity index (χ0v) is 11.7. The largest absolute Gasteiger partial charge is 0.379 e. The van der Waals surface area contributed by atoms with Crippen LogP contribution < -0.4 is 5.73 Å².